The van der Waals surface area contributed by atoms with E-state index in [0.717, 1.165) is 0 Å². The number of rotatable bonds is 3. The molecule has 114 valence electrons. The number of nitrogens with one attached hydrogen (secondary N) is 1. The minimum atomic E-state index is -0.562. The lowest BCUT2D eigenvalue weighted by molar-refractivity contribution is 0.0535. The summed E-state index contributed by atoms with van der Waals surface area (Å²) in [5.74, 6) is 5.31. The molecule has 0 saturated heterocycles. The van der Waals surface area contributed by atoms with E-state index in [4.69, 9.17) is 10.00 Å². The molecule has 0 saturated carbocycles. The minimum Gasteiger partial charge on any atom is -0.444 e. The fourth-order valence-electron chi connectivity index (χ4n) is 1.57. The van der Waals surface area contributed by atoms with Gasteiger partial charge in [-0.15, -0.1) is 0 Å². The summed E-state index contributed by atoms with van der Waals surface area (Å²) in [7, 11) is 0. The normalized spacial score (nSPS) is 9.91. The second kappa shape index (κ2) is 7.85. The number of nitrogens with zero attached hydrogens (tertiary/aromatic N) is 1. The number of nitriles is 1. The molecule has 0 aromatic heterocycles. The lowest BCUT2D eigenvalue weighted by Gasteiger charge is -2.19. The SMILES string of the molecule is CC(C)(C)OC(=O)NCC#Cc1ccccc1C(=O)CC#N. The average Bonchev–Trinajstić information content (AvgIpc) is 2.42. The smallest absolute Gasteiger partial charge is 0.408 e. The molecule has 1 amide bonds. The Hall–Kier alpha value is -2.79. The maximum atomic E-state index is 11.8. The molecular formula is C17H18N2O3. The van der Waals surface area contributed by atoms with E-state index >= 15 is 0 Å². The number of ketones is 1. The zero-order valence-corrected chi connectivity index (χ0v) is 12.9. The molecule has 0 bridgehead atoms. The van der Waals surface area contributed by atoms with Crippen LogP contribution < -0.4 is 5.32 Å². The Kier molecular flexibility index (Phi) is 6.16. The van der Waals surface area contributed by atoms with Gasteiger partial charge in [-0.05, 0) is 26.8 Å². The summed E-state index contributed by atoms with van der Waals surface area (Å²) in [6.07, 6.45) is -0.731. The van der Waals surface area contributed by atoms with Gasteiger partial charge in [0.15, 0.2) is 5.78 Å². The summed E-state index contributed by atoms with van der Waals surface area (Å²) >= 11 is 0. The van der Waals surface area contributed by atoms with E-state index in [1.54, 1.807) is 45.0 Å². The summed E-state index contributed by atoms with van der Waals surface area (Å²) in [6.45, 7) is 5.43. The number of benzene rings is 1. The highest BCUT2D eigenvalue weighted by atomic mass is 16.6. The third-order valence-corrected chi connectivity index (χ3v) is 2.41. The minimum absolute atomic E-state index is 0.107. The number of alkyl carbamates (subject to hydrolysis) is 1. The Bertz CT molecular complexity index is 655. The fraction of sp³-hybridized carbons (Fsp3) is 0.353. The average molecular weight is 298 g/mol. The standard InChI is InChI=1S/C17H18N2O3/c1-17(2,3)22-16(21)19-12-6-8-13-7-4-5-9-14(13)15(20)10-11-18/h4-5,7,9H,10,12H2,1-3H3,(H,19,21). The summed E-state index contributed by atoms with van der Waals surface area (Å²) in [6, 6.07) is 8.63. The zero-order valence-electron chi connectivity index (χ0n) is 12.9. The molecule has 5 heteroatoms. The lowest BCUT2D eigenvalue weighted by Crippen LogP contribution is -2.32. The van der Waals surface area contributed by atoms with Gasteiger partial charge >= 0.3 is 6.09 Å². The van der Waals surface area contributed by atoms with Gasteiger partial charge < -0.3 is 10.1 Å². The Balaban J connectivity index is 2.68. The summed E-state index contributed by atoms with van der Waals surface area (Å²) in [4.78, 5) is 23.2. The molecule has 0 heterocycles. The predicted octanol–water partition coefficient (Wildman–Crippen LogP) is 2.66. The van der Waals surface area contributed by atoms with Crippen LogP contribution in [0.2, 0.25) is 0 Å². The number of carbonyl (C=O) groups is 2. The van der Waals surface area contributed by atoms with Crippen molar-refractivity contribution in [3.63, 3.8) is 0 Å². The van der Waals surface area contributed by atoms with Crippen LogP contribution in [0.3, 0.4) is 0 Å². The molecule has 22 heavy (non-hydrogen) atoms. The van der Waals surface area contributed by atoms with Crippen LogP contribution in [0.5, 0.6) is 0 Å². The first kappa shape index (κ1) is 17.3. The Morgan fingerprint density at radius 2 is 1.95 bits per heavy atom. The molecule has 0 spiro atoms. The Morgan fingerprint density at radius 3 is 2.59 bits per heavy atom. The topological polar surface area (TPSA) is 79.2 Å². The molecule has 0 aliphatic heterocycles. The van der Waals surface area contributed by atoms with Crippen molar-refractivity contribution in [2.24, 2.45) is 0 Å². The lowest BCUT2D eigenvalue weighted by atomic mass is 10.0. The van der Waals surface area contributed by atoms with Crippen molar-refractivity contribution >= 4 is 11.9 Å². The van der Waals surface area contributed by atoms with Gasteiger partial charge in [-0.25, -0.2) is 4.79 Å². The second-order valence-corrected chi connectivity index (χ2v) is 5.46. The predicted molar refractivity (Wildman–Crippen MR) is 82.1 cm³/mol. The van der Waals surface area contributed by atoms with Crippen LogP contribution in [0.15, 0.2) is 24.3 Å². The van der Waals surface area contributed by atoms with Gasteiger partial charge in [-0.2, -0.15) is 5.26 Å². The molecule has 0 aliphatic rings. The van der Waals surface area contributed by atoms with E-state index in [9.17, 15) is 9.59 Å². The Morgan fingerprint density at radius 1 is 1.27 bits per heavy atom. The summed E-state index contributed by atoms with van der Waals surface area (Å²) in [5.41, 5.74) is 0.385. The van der Waals surface area contributed by atoms with Crippen LogP contribution in [-0.4, -0.2) is 24.0 Å². The van der Waals surface area contributed by atoms with Gasteiger partial charge in [0.1, 0.15) is 5.60 Å². The number of carbonyl (C=O) groups excluding carboxylic acids is 2. The van der Waals surface area contributed by atoms with Gasteiger partial charge in [0.2, 0.25) is 0 Å². The van der Waals surface area contributed by atoms with Crippen molar-refractivity contribution in [2.75, 3.05) is 6.54 Å². The van der Waals surface area contributed by atoms with Crippen LogP contribution in [0.4, 0.5) is 4.79 Å². The van der Waals surface area contributed by atoms with Crippen molar-refractivity contribution in [3.05, 3.63) is 35.4 Å². The number of amides is 1. The molecule has 1 aromatic carbocycles. The van der Waals surface area contributed by atoms with Crippen LogP contribution in [-0.2, 0) is 4.74 Å². The van der Waals surface area contributed by atoms with E-state index in [1.165, 1.54) is 0 Å². The van der Waals surface area contributed by atoms with E-state index < -0.39 is 11.7 Å². The van der Waals surface area contributed by atoms with Crippen molar-refractivity contribution in [1.29, 1.82) is 5.26 Å². The number of ether oxygens (including phenoxy) is 1. The van der Waals surface area contributed by atoms with Crippen LogP contribution in [0.25, 0.3) is 0 Å². The quantitative estimate of drug-likeness (QED) is 0.687. The second-order valence-electron chi connectivity index (χ2n) is 5.46. The van der Waals surface area contributed by atoms with E-state index in [0.29, 0.717) is 11.1 Å². The van der Waals surface area contributed by atoms with Gasteiger partial charge in [0.25, 0.3) is 0 Å². The third-order valence-electron chi connectivity index (χ3n) is 2.41. The first-order valence-corrected chi connectivity index (χ1v) is 6.78. The molecule has 0 fully saturated rings. The van der Waals surface area contributed by atoms with E-state index in [1.807, 2.05) is 6.07 Å². The molecule has 0 atom stereocenters. The molecule has 0 unspecified atom stereocenters. The molecule has 0 aliphatic carbocycles. The summed E-state index contributed by atoms with van der Waals surface area (Å²) in [5, 5.41) is 11.1. The van der Waals surface area contributed by atoms with Crippen LogP contribution in [0.1, 0.15) is 43.1 Å². The number of hydrogen-bond donors (Lipinski definition) is 1. The highest BCUT2D eigenvalue weighted by Crippen LogP contribution is 2.10. The molecular weight excluding hydrogens is 280 g/mol. The summed E-state index contributed by atoms with van der Waals surface area (Å²) < 4.78 is 5.08. The highest BCUT2D eigenvalue weighted by Gasteiger charge is 2.15. The van der Waals surface area contributed by atoms with E-state index in [2.05, 4.69) is 17.2 Å². The number of hydrogen-bond acceptors (Lipinski definition) is 4. The van der Waals surface area contributed by atoms with Crippen molar-refractivity contribution < 1.29 is 14.3 Å². The monoisotopic (exact) mass is 298 g/mol. The Labute approximate surface area is 130 Å². The van der Waals surface area contributed by atoms with Gasteiger partial charge in [0.05, 0.1) is 19.0 Å². The van der Waals surface area contributed by atoms with Gasteiger partial charge in [0, 0.05) is 11.1 Å². The maximum Gasteiger partial charge on any atom is 0.408 e. The number of Topliss-reactive ketones (excluding diaryl/α,β-unsaturated/α-hetero) is 1. The van der Waals surface area contributed by atoms with Gasteiger partial charge in [-0.3, -0.25) is 4.79 Å². The van der Waals surface area contributed by atoms with Crippen LogP contribution in [0, 0.1) is 23.2 Å². The van der Waals surface area contributed by atoms with Gasteiger partial charge in [-0.1, -0.05) is 30.0 Å². The molecule has 5 nitrogen and oxygen atoms in total. The van der Waals surface area contributed by atoms with Crippen molar-refractivity contribution in [1.82, 2.24) is 5.32 Å². The van der Waals surface area contributed by atoms with Crippen molar-refractivity contribution in [2.45, 2.75) is 32.8 Å². The fourth-order valence-corrected chi connectivity index (χ4v) is 1.57. The molecule has 1 aromatic rings. The molecule has 1 N–H and O–H groups in total. The third kappa shape index (κ3) is 6.11. The largest absolute Gasteiger partial charge is 0.444 e. The highest BCUT2D eigenvalue weighted by molar-refractivity contribution is 5.99. The first-order valence-electron chi connectivity index (χ1n) is 6.78. The molecule has 1 rings (SSSR count). The van der Waals surface area contributed by atoms with Crippen molar-refractivity contribution in [3.8, 4) is 17.9 Å². The van der Waals surface area contributed by atoms with E-state index in [-0.39, 0.29) is 18.7 Å². The molecule has 0 radical (unpaired) electrons. The maximum absolute atomic E-state index is 11.8. The van der Waals surface area contributed by atoms with Crippen LogP contribution >= 0.6 is 0 Å². The first-order chi connectivity index (χ1) is 10.3. The zero-order chi connectivity index (χ0) is 16.6.